The fourth-order valence-corrected chi connectivity index (χ4v) is 1.76. The summed E-state index contributed by atoms with van der Waals surface area (Å²) in [7, 11) is 0. The Hall–Kier alpha value is -1.44. The summed E-state index contributed by atoms with van der Waals surface area (Å²) in [5, 5.41) is 18.5. The van der Waals surface area contributed by atoms with E-state index < -0.39 is 18.4 Å². The number of aliphatic hydroxyl groups is 2. The molecule has 88 valence electrons. The molecule has 1 aromatic rings. The van der Waals surface area contributed by atoms with Crippen molar-refractivity contribution in [1.82, 2.24) is 9.55 Å². The molecule has 4 N–H and O–H groups in total. The van der Waals surface area contributed by atoms with E-state index in [0.29, 0.717) is 12.7 Å². The van der Waals surface area contributed by atoms with Gasteiger partial charge in [-0.3, -0.25) is 9.36 Å². The zero-order chi connectivity index (χ0) is 11.7. The Morgan fingerprint density at radius 1 is 1.75 bits per heavy atom. The van der Waals surface area contributed by atoms with Crippen molar-refractivity contribution in [2.45, 2.75) is 24.9 Å². The van der Waals surface area contributed by atoms with Crippen LogP contribution in [-0.2, 0) is 4.74 Å². The Labute approximate surface area is 91.5 Å². The van der Waals surface area contributed by atoms with Crippen molar-refractivity contribution < 1.29 is 19.7 Å². The largest absolute Gasteiger partial charge is 0.394 e. The fourth-order valence-electron chi connectivity index (χ4n) is 1.76. The molecule has 1 fully saturated rings. The molecular formula is C9H13N3O4. The number of rotatable bonds is 3. The minimum atomic E-state index is -0.739. The van der Waals surface area contributed by atoms with E-state index in [4.69, 9.17) is 15.6 Å². The third kappa shape index (κ3) is 1.69. The molecule has 1 aromatic heterocycles. The van der Waals surface area contributed by atoms with Crippen LogP contribution in [0.4, 0.5) is 5.82 Å². The molecule has 0 spiro atoms. The van der Waals surface area contributed by atoms with Gasteiger partial charge in [-0.05, 0) is 0 Å². The molecule has 0 saturated carbocycles. The highest BCUT2D eigenvalue weighted by Gasteiger charge is 2.35. The molecule has 0 radical (unpaired) electrons. The molecule has 0 aliphatic carbocycles. The zero-order valence-electron chi connectivity index (χ0n) is 8.48. The third-order valence-corrected chi connectivity index (χ3v) is 2.67. The summed E-state index contributed by atoms with van der Waals surface area (Å²) in [6, 6.07) is 0. The second kappa shape index (κ2) is 4.20. The monoisotopic (exact) mass is 227 g/mol. The molecule has 1 saturated heterocycles. The predicted molar refractivity (Wildman–Crippen MR) is 53.6 cm³/mol. The van der Waals surface area contributed by atoms with Crippen molar-refractivity contribution in [2.75, 3.05) is 12.3 Å². The maximum Gasteiger partial charge on any atom is 0.172 e. The molecule has 2 rings (SSSR count). The SMILES string of the molecule is Nc1c(C=O)ncn1[C@H]1CC(O)[C@@H](CO)O1. The Kier molecular flexibility index (Phi) is 2.90. The first-order valence-corrected chi connectivity index (χ1v) is 4.89. The van der Waals surface area contributed by atoms with Gasteiger partial charge in [0.05, 0.1) is 19.0 Å². The number of imidazole rings is 1. The van der Waals surface area contributed by atoms with E-state index in [1.165, 1.54) is 10.9 Å². The molecule has 0 bridgehead atoms. The van der Waals surface area contributed by atoms with Crippen LogP contribution in [0, 0.1) is 0 Å². The number of nitrogen functional groups attached to an aromatic ring is 1. The second-order valence-corrected chi connectivity index (χ2v) is 3.65. The van der Waals surface area contributed by atoms with Gasteiger partial charge in [-0.15, -0.1) is 0 Å². The number of anilines is 1. The molecule has 3 atom stereocenters. The van der Waals surface area contributed by atoms with Crippen molar-refractivity contribution in [3.05, 3.63) is 12.0 Å². The van der Waals surface area contributed by atoms with Crippen molar-refractivity contribution in [1.29, 1.82) is 0 Å². The molecule has 1 aliphatic rings. The van der Waals surface area contributed by atoms with Crippen LogP contribution < -0.4 is 5.73 Å². The first kappa shape index (κ1) is 11.1. The van der Waals surface area contributed by atoms with Crippen LogP contribution in [0.25, 0.3) is 0 Å². The van der Waals surface area contributed by atoms with Gasteiger partial charge in [0, 0.05) is 6.42 Å². The van der Waals surface area contributed by atoms with Gasteiger partial charge in [0.25, 0.3) is 0 Å². The molecular weight excluding hydrogens is 214 g/mol. The van der Waals surface area contributed by atoms with E-state index in [1.807, 2.05) is 0 Å². The average Bonchev–Trinajstić information content (AvgIpc) is 2.81. The lowest BCUT2D eigenvalue weighted by Crippen LogP contribution is -2.24. The minimum Gasteiger partial charge on any atom is -0.394 e. The molecule has 0 amide bonds. The van der Waals surface area contributed by atoms with Crippen LogP contribution >= 0.6 is 0 Å². The van der Waals surface area contributed by atoms with Crippen LogP contribution in [0.5, 0.6) is 0 Å². The molecule has 1 unspecified atom stereocenters. The number of hydrogen-bond acceptors (Lipinski definition) is 6. The number of aromatic nitrogens is 2. The van der Waals surface area contributed by atoms with E-state index in [1.54, 1.807) is 0 Å². The number of nitrogens with two attached hydrogens (primary N) is 1. The fraction of sp³-hybridized carbons (Fsp3) is 0.556. The number of hydrogen-bond donors (Lipinski definition) is 3. The molecule has 2 heterocycles. The summed E-state index contributed by atoms with van der Waals surface area (Å²) >= 11 is 0. The Balaban J connectivity index is 2.20. The summed E-state index contributed by atoms with van der Waals surface area (Å²) in [6.07, 6.45) is 0.400. The highest BCUT2D eigenvalue weighted by molar-refractivity contribution is 5.78. The van der Waals surface area contributed by atoms with E-state index in [9.17, 15) is 9.90 Å². The third-order valence-electron chi connectivity index (χ3n) is 2.67. The molecule has 16 heavy (non-hydrogen) atoms. The average molecular weight is 227 g/mol. The Morgan fingerprint density at radius 3 is 3.00 bits per heavy atom. The van der Waals surface area contributed by atoms with Gasteiger partial charge in [-0.25, -0.2) is 4.98 Å². The summed E-state index contributed by atoms with van der Waals surface area (Å²) in [6.45, 7) is -0.257. The number of aliphatic hydroxyl groups excluding tert-OH is 2. The van der Waals surface area contributed by atoms with Crippen molar-refractivity contribution in [2.24, 2.45) is 0 Å². The van der Waals surface area contributed by atoms with E-state index >= 15 is 0 Å². The van der Waals surface area contributed by atoms with Gasteiger partial charge in [0.1, 0.15) is 23.8 Å². The number of aldehydes is 1. The van der Waals surface area contributed by atoms with Gasteiger partial charge in [0.2, 0.25) is 0 Å². The van der Waals surface area contributed by atoms with Crippen LogP contribution in [-0.4, -0.2) is 44.9 Å². The summed E-state index contributed by atoms with van der Waals surface area (Å²) in [5.74, 6) is 0.200. The lowest BCUT2D eigenvalue weighted by Gasteiger charge is -2.14. The van der Waals surface area contributed by atoms with E-state index in [0.717, 1.165) is 0 Å². The number of ether oxygens (including phenoxy) is 1. The molecule has 7 nitrogen and oxygen atoms in total. The number of carbonyl (C=O) groups is 1. The van der Waals surface area contributed by atoms with Gasteiger partial charge in [-0.2, -0.15) is 0 Å². The summed E-state index contributed by atoms with van der Waals surface area (Å²) in [4.78, 5) is 14.4. The number of nitrogens with zero attached hydrogens (tertiary/aromatic N) is 2. The van der Waals surface area contributed by atoms with Crippen LogP contribution in [0.1, 0.15) is 23.1 Å². The second-order valence-electron chi connectivity index (χ2n) is 3.65. The molecule has 0 aromatic carbocycles. The Bertz CT molecular complexity index is 392. The first-order chi connectivity index (χ1) is 7.67. The van der Waals surface area contributed by atoms with E-state index in [2.05, 4.69) is 4.98 Å². The van der Waals surface area contributed by atoms with Gasteiger partial charge in [-0.1, -0.05) is 0 Å². The Morgan fingerprint density at radius 2 is 2.50 bits per heavy atom. The quantitative estimate of drug-likeness (QED) is 0.566. The van der Waals surface area contributed by atoms with Gasteiger partial charge >= 0.3 is 0 Å². The van der Waals surface area contributed by atoms with Crippen LogP contribution in [0.3, 0.4) is 0 Å². The first-order valence-electron chi connectivity index (χ1n) is 4.89. The minimum absolute atomic E-state index is 0.144. The lowest BCUT2D eigenvalue weighted by molar-refractivity contribution is -0.0436. The molecule has 7 heteroatoms. The maximum absolute atomic E-state index is 10.6. The standard InChI is InChI=1S/C9H13N3O4/c10-9-5(2-13)11-4-12(9)8-1-6(15)7(3-14)16-8/h2,4,6-8,14-15H,1,3,10H2/t6?,7-,8-/m1/s1. The topological polar surface area (TPSA) is 111 Å². The van der Waals surface area contributed by atoms with Gasteiger partial charge < -0.3 is 20.7 Å². The predicted octanol–water partition coefficient (Wildman–Crippen LogP) is -1.08. The number of carbonyl (C=O) groups excluding carboxylic acids is 1. The lowest BCUT2D eigenvalue weighted by atomic mass is 10.2. The normalized spacial score (nSPS) is 29.5. The van der Waals surface area contributed by atoms with Gasteiger partial charge in [0.15, 0.2) is 6.29 Å². The summed E-state index contributed by atoms with van der Waals surface area (Å²) < 4.78 is 6.85. The smallest absolute Gasteiger partial charge is 0.172 e. The highest BCUT2D eigenvalue weighted by atomic mass is 16.5. The zero-order valence-corrected chi connectivity index (χ0v) is 8.48. The van der Waals surface area contributed by atoms with Crippen molar-refractivity contribution >= 4 is 12.1 Å². The van der Waals surface area contributed by atoms with Crippen LogP contribution in [0.2, 0.25) is 0 Å². The van der Waals surface area contributed by atoms with E-state index in [-0.39, 0.29) is 18.1 Å². The highest BCUT2D eigenvalue weighted by Crippen LogP contribution is 2.30. The maximum atomic E-state index is 10.6. The van der Waals surface area contributed by atoms with Crippen molar-refractivity contribution in [3.8, 4) is 0 Å². The summed E-state index contributed by atoms with van der Waals surface area (Å²) in [5.41, 5.74) is 5.82. The van der Waals surface area contributed by atoms with Crippen LogP contribution in [0.15, 0.2) is 6.33 Å². The molecule has 1 aliphatic heterocycles. The van der Waals surface area contributed by atoms with Crippen molar-refractivity contribution in [3.63, 3.8) is 0 Å².